The van der Waals surface area contributed by atoms with E-state index in [9.17, 15) is 14.4 Å². The lowest BCUT2D eigenvalue weighted by molar-refractivity contribution is -0.141. The lowest BCUT2D eigenvalue weighted by atomic mass is 10.0. The van der Waals surface area contributed by atoms with Gasteiger partial charge in [0.1, 0.15) is 6.04 Å². The molecule has 0 bridgehead atoms. The van der Waals surface area contributed by atoms with Gasteiger partial charge in [0.2, 0.25) is 11.8 Å². The second kappa shape index (κ2) is 30.6. The summed E-state index contributed by atoms with van der Waals surface area (Å²) in [6.45, 7) is 11.2. The number of carbonyl (C=O) groups is 3. The fourth-order valence-corrected chi connectivity index (χ4v) is 3.70. The summed E-state index contributed by atoms with van der Waals surface area (Å²) in [7, 11) is 0. The highest BCUT2D eigenvalue weighted by molar-refractivity contribution is 5.83. The molecule has 0 spiro atoms. The van der Waals surface area contributed by atoms with Crippen molar-refractivity contribution in [1.82, 2.24) is 10.6 Å². The van der Waals surface area contributed by atoms with E-state index in [-0.39, 0.29) is 30.8 Å². The Balaban J connectivity index is 3.28. The molecule has 248 valence electrons. The molecule has 0 radical (unpaired) electrons. The predicted molar refractivity (Wildman–Crippen MR) is 160 cm³/mol. The number of ether oxygens (including phenoxy) is 6. The summed E-state index contributed by atoms with van der Waals surface area (Å²) >= 11 is 0. The molecule has 0 saturated heterocycles. The molecule has 0 heterocycles. The number of nitrogens with one attached hydrogen (secondary N) is 2. The molecule has 0 aromatic heterocycles. The third-order valence-corrected chi connectivity index (χ3v) is 6.32. The van der Waals surface area contributed by atoms with Gasteiger partial charge in [-0.05, 0) is 13.3 Å². The Kier molecular flexibility index (Phi) is 29.3. The summed E-state index contributed by atoms with van der Waals surface area (Å²) < 4.78 is 32.5. The van der Waals surface area contributed by atoms with E-state index in [0.29, 0.717) is 79.2 Å². The summed E-state index contributed by atoms with van der Waals surface area (Å²) in [5.74, 6) is -1.29. The van der Waals surface area contributed by atoms with E-state index in [1.807, 2.05) is 6.92 Å². The van der Waals surface area contributed by atoms with Gasteiger partial charge in [-0.15, -0.1) is 0 Å². The predicted octanol–water partition coefficient (Wildman–Crippen LogP) is 2.96. The largest absolute Gasteiger partial charge is 0.480 e. The Morgan fingerprint density at radius 3 is 1.52 bits per heavy atom. The molecule has 2 amide bonds. The number of hydrogen-bond donors (Lipinski definition) is 3. The van der Waals surface area contributed by atoms with E-state index in [4.69, 9.17) is 33.5 Å². The maximum Gasteiger partial charge on any atom is 0.325 e. The van der Waals surface area contributed by atoms with E-state index in [1.54, 1.807) is 0 Å². The van der Waals surface area contributed by atoms with Gasteiger partial charge in [-0.2, -0.15) is 0 Å². The molecule has 1 unspecified atom stereocenters. The van der Waals surface area contributed by atoms with Crippen molar-refractivity contribution < 1.29 is 47.9 Å². The second-order valence-electron chi connectivity index (χ2n) is 10.2. The normalized spacial score (nSPS) is 12.6. The first-order valence-corrected chi connectivity index (χ1v) is 15.6. The average molecular weight is 607 g/mol. The van der Waals surface area contributed by atoms with Crippen molar-refractivity contribution in [3.63, 3.8) is 0 Å². The standard InChI is InChI=1S/C30H58N2O10/c1-4-5-6-7-8-9-10-11-26(2)29(34)31-13-15-38-17-19-40-21-23-42-25-24-41-22-20-39-18-16-37-14-12-28(33)32-27(3)30(35)36/h26-27H,4-25H2,1-3H3,(H,31,34)(H,32,33)(H,35,36)/t26?,27-/m0/s1. The molecular weight excluding hydrogens is 548 g/mol. The molecule has 12 nitrogen and oxygen atoms in total. The average Bonchev–Trinajstić information content (AvgIpc) is 2.97. The number of rotatable bonds is 32. The van der Waals surface area contributed by atoms with Gasteiger partial charge in [-0.25, -0.2) is 0 Å². The van der Waals surface area contributed by atoms with Crippen LogP contribution in [0.25, 0.3) is 0 Å². The van der Waals surface area contributed by atoms with Crippen molar-refractivity contribution in [2.75, 3.05) is 85.8 Å². The van der Waals surface area contributed by atoms with Crippen molar-refractivity contribution in [2.24, 2.45) is 5.92 Å². The highest BCUT2D eigenvalue weighted by atomic mass is 16.6. The molecule has 0 aliphatic rings. The molecule has 0 fully saturated rings. The zero-order valence-electron chi connectivity index (χ0n) is 26.3. The van der Waals surface area contributed by atoms with Crippen molar-refractivity contribution in [3.05, 3.63) is 0 Å². The SMILES string of the molecule is CCCCCCCCCC(C)C(=O)NCCOCCOCCOCCOCCOCCOCCC(=O)N[C@@H](C)C(=O)O. The molecule has 0 aliphatic carbocycles. The van der Waals surface area contributed by atoms with Crippen molar-refractivity contribution >= 4 is 17.8 Å². The van der Waals surface area contributed by atoms with Crippen LogP contribution in [0.15, 0.2) is 0 Å². The van der Waals surface area contributed by atoms with Gasteiger partial charge in [-0.1, -0.05) is 58.8 Å². The maximum atomic E-state index is 12.1. The fourth-order valence-electron chi connectivity index (χ4n) is 3.70. The Morgan fingerprint density at radius 1 is 0.619 bits per heavy atom. The maximum absolute atomic E-state index is 12.1. The van der Waals surface area contributed by atoms with Gasteiger partial charge in [0.25, 0.3) is 0 Å². The van der Waals surface area contributed by atoms with Gasteiger partial charge in [0.05, 0.1) is 79.3 Å². The number of carboxylic acids is 1. The van der Waals surface area contributed by atoms with E-state index < -0.39 is 12.0 Å². The van der Waals surface area contributed by atoms with Gasteiger partial charge < -0.3 is 44.2 Å². The Bertz CT molecular complexity index is 654. The number of unbranched alkanes of at least 4 members (excludes halogenated alkanes) is 6. The van der Waals surface area contributed by atoms with Crippen LogP contribution in [0.3, 0.4) is 0 Å². The minimum Gasteiger partial charge on any atom is -0.480 e. The van der Waals surface area contributed by atoms with Crippen LogP contribution in [0, 0.1) is 5.92 Å². The molecule has 0 saturated carbocycles. The molecule has 0 aromatic carbocycles. The number of amides is 2. The summed E-state index contributed by atoms with van der Waals surface area (Å²) in [5, 5.41) is 14.0. The van der Waals surface area contributed by atoms with Gasteiger partial charge in [0, 0.05) is 18.9 Å². The summed E-state index contributed by atoms with van der Waals surface area (Å²) in [4.78, 5) is 34.3. The Labute approximate surface area is 252 Å². The van der Waals surface area contributed by atoms with Crippen LogP contribution in [0.2, 0.25) is 0 Å². The quantitative estimate of drug-likeness (QED) is 0.0975. The van der Waals surface area contributed by atoms with Gasteiger partial charge >= 0.3 is 5.97 Å². The van der Waals surface area contributed by atoms with Crippen molar-refractivity contribution in [2.45, 2.75) is 84.6 Å². The zero-order chi connectivity index (χ0) is 31.1. The van der Waals surface area contributed by atoms with Crippen LogP contribution >= 0.6 is 0 Å². The van der Waals surface area contributed by atoms with Gasteiger partial charge in [-0.3, -0.25) is 14.4 Å². The Morgan fingerprint density at radius 2 is 1.05 bits per heavy atom. The first-order chi connectivity index (χ1) is 20.4. The number of hydrogen-bond acceptors (Lipinski definition) is 9. The molecule has 3 N–H and O–H groups in total. The first-order valence-electron chi connectivity index (χ1n) is 15.6. The van der Waals surface area contributed by atoms with E-state index in [1.165, 1.54) is 45.4 Å². The third kappa shape index (κ3) is 28.3. The third-order valence-electron chi connectivity index (χ3n) is 6.32. The number of carboxylic acid groups (broad SMARTS) is 1. The smallest absolute Gasteiger partial charge is 0.325 e. The summed E-state index contributed by atoms with van der Waals surface area (Å²) in [6, 6.07) is -0.915. The molecule has 0 rings (SSSR count). The Hall–Kier alpha value is -1.83. The molecule has 12 heteroatoms. The van der Waals surface area contributed by atoms with Gasteiger partial charge in [0.15, 0.2) is 0 Å². The second-order valence-corrected chi connectivity index (χ2v) is 10.2. The van der Waals surface area contributed by atoms with Crippen LogP contribution in [-0.2, 0) is 42.8 Å². The van der Waals surface area contributed by atoms with Crippen LogP contribution in [0.4, 0.5) is 0 Å². The number of aliphatic carboxylic acids is 1. The van der Waals surface area contributed by atoms with Crippen LogP contribution in [-0.4, -0.2) is 115 Å². The minimum atomic E-state index is -1.08. The first kappa shape index (κ1) is 40.2. The van der Waals surface area contributed by atoms with Crippen LogP contribution < -0.4 is 10.6 Å². The summed E-state index contributed by atoms with van der Waals surface area (Å²) in [6.07, 6.45) is 9.86. The molecule has 0 aromatic rings. The zero-order valence-corrected chi connectivity index (χ0v) is 26.3. The minimum absolute atomic E-state index is 0.0474. The fraction of sp³-hybridized carbons (Fsp3) is 0.900. The van der Waals surface area contributed by atoms with Crippen molar-refractivity contribution in [3.8, 4) is 0 Å². The monoisotopic (exact) mass is 606 g/mol. The van der Waals surface area contributed by atoms with E-state index in [2.05, 4.69) is 17.6 Å². The summed E-state index contributed by atoms with van der Waals surface area (Å²) in [5.41, 5.74) is 0. The lowest BCUT2D eigenvalue weighted by Crippen LogP contribution is -2.38. The molecule has 2 atom stereocenters. The topological polar surface area (TPSA) is 151 Å². The number of carbonyl (C=O) groups excluding carboxylic acids is 2. The molecular formula is C30H58N2O10. The van der Waals surface area contributed by atoms with Crippen LogP contribution in [0.5, 0.6) is 0 Å². The van der Waals surface area contributed by atoms with E-state index >= 15 is 0 Å². The molecule has 42 heavy (non-hydrogen) atoms. The van der Waals surface area contributed by atoms with Crippen molar-refractivity contribution in [1.29, 1.82) is 0 Å². The van der Waals surface area contributed by atoms with E-state index in [0.717, 1.165) is 12.8 Å². The lowest BCUT2D eigenvalue weighted by Gasteiger charge is -2.12. The van der Waals surface area contributed by atoms with Crippen LogP contribution in [0.1, 0.15) is 78.6 Å². The molecule has 0 aliphatic heterocycles. The highest BCUT2D eigenvalue weighted by Crippen LogP contribution is 2.12. The highest BCUT2D eigenvalue weighted by Gasteiger charge is 2.13.